The number of hydrogen-bond acceptors (Lipinski definition) is 8. The fourth-order valence-corrected chi connectivity index (χ4v) is 6.37. The van der Waals surface area contributed by atoms with Gasteiger partial charge >= 0.3 is 23.9 Å². The van der Waals surface area contributed by atoms with Gasteiger partial charge in [-0.15, -0.1) is 0 Å². The summed E-state index contributed by atoms with van der Waals surface area (Å²) in [6.45, 7) is 8.68. The highest BCUT2D eigenvalue weighted by Crippen LogP contribution is 2.41. The Morgan fingerprint density at radius 1 is 0.562 bits per heavy atom. The van der Waals surface area contributed by atoms with Gasteiger partial charge in [-0.1, -0.05) is 136 Å². The zero-order chi connectivity index (χ0) is 36.0. The largest absolute Gasteiger partial charge is 0.462 e. The van der Waals surface area contributed by atoms with Crippen LogP contribution < -0.4 is 9.47 Å². The van der Waals surface area contributed by atoms with Crippen molar-refractivity contribution in [2.24, 2.45) is 11.8 Å². The van der Waals surface area contributed by atoms with Crippen LogP contribution in [0, 0.1) is 11.8 Å². The summed E-state index contributed by atoms with van der Waals surface area (Å²) in [5.74, 6) is -5.29. The molecule has 0 saturated carbocycles. The number of hydrogen-bond donors (Lipinski definition) is 0. The lowest BCUT2D eigenvalue weighted by Gasteiger charge is -2.16. The smallest absolute Gasteiger partial charge is 0.423 e. The Hall–Kier alpha value is -1.94. The fourth-order valence-electron chi connectivity index (χ4n) is 4.93. The molecule has 2 atom stereocenters. The predicted octanol–water partition coefficient (Wildman–Crippen LogP) is 11.6. The van der Waals surface area contributed by atoms with Gasteiger partial charge in [-0.25, -0.2) is 19.2 Å². The maximum absolute atomic E-state index is 13.0. The summed E-state index contributed by atoms with van der Waals surface area (Å²) in [4.78, 5) is 51.9. The van der Waals surface area contributed by atoms with Crippen LogP contribution >= 0.6 is 69.6 Å². The minimum Gasteiger partial charge on any atom is -0.462 e. The van der Waals surface area contributed by atoms with Crippen LogP contribution in [0.2, 0.25) is 30.1 Å². The van der Waals surface area contributed by atoms with E-state index in [1.807, 2.05) is 0 Å². The van der Waals surface area contributed by atoms with E-state index in [-0.39, 0.29) is 43.3 Å². The van der Waals surface area contributed by atoms with Gasteiger partial charge < -0.3 is 18.9 Å². The minimum absolute atomic E-state index is 0.0558. The van der Waals surface area contributed by atoms with Crippen molar-refractivity contribution in [3.8, 4) is 11.5 Å². The predicted molar refractivity (Wildman–Crippen MR) is 191 cm³/mol. The molecule has 2 aromatic carbocycles. The molecule has 0 amide bonds. The van der Waals surface area contributed by atoms with Crippen molar-refractivity contribution in [3.05, 3.63) is 53.4 Å². The van der Waals surface area contributed by atoms with Crippen molar-refractivity contribution in [3.63, 3.8) is 0 Å². The Labute approximate surface area is 311 Å². The lowest BCUT2D eigenvalue weighted by molar-refractivity contribution is -0.156. The number of benzene rings is 2. The molecule has 266 valence electrons. The molecule has 0 aliphatic heterocycles. The lowest BCUT2D eigenvalue weighted by atomic mass is 9.99. The van der Waals surface area contributed by atoms with Crippen LogP contribution in [-0.4, -0.2) is 37.1 Å². The average Bonchev–Trinajstić information content (AvgIpc) is 3.02. The number of unbranched alkanes of at least 4 members (excludes halogenated alkanes) is 2. The van der Waals surface area contributed by atoms with Gasteiger partial charge in [0.1, 0.15) is 11.1 Å². The molecule has 8 nitrogen and oxygen atoms in total. The molecule has 0 bridgehead atoms. The van der Waals surface area contributed by atoms with Gasteiger partial charge in [0.25, 0.3) is 0 Å². The quantitative estimate of drug-likeness (QED) is 0.0483. The molecule has 48 heavy (non-hydrogen) atoms. The first-order chi connectivity index (χ1) is 22.7. The first-order valence-electron chi connectivity index (χ1n) is 15.9. The molecule has 0 aromatic heterocycles. The van der Waals surface area contributed by atoms with E-state index in [1.165, 1.54) is 0 Å². The first kappa shape index (κ1) is 42.2. The fraction of sp³-hybridized carbons (Fsp3) is 0.529. The van der Waals surface area contributed by atoms with Gasteiger partial charge in [-0.3, -0.25) is 0 Å². The van der Waals surface area contributed by atoms with Crippen LogP contribution in [0.25, 0.3) is 0 Å². The first-order valence-corrected chi connectivity index (χ1v) is 18.1. The second kappa shape index (κ2) is 21.3. The maximum Gasteiger partial charge on any atom is 0.423 e. The van der Waals surface area contributed by atoms with Crippen LogP contribution in [-0.2, 0) is 19.1 Å². The molecule has 0 heterocycles. The highest BCUT2D eigenvalue weighted by molar-refractivity contribution is 6.47. The van der Waals surface area contributed by atoms with Crippen molar-refractivity contribution in [2.45, 2.75) is 91.9 Å². The minimum atomic E-state index is -1.64. The summed E-state index contributed by atoms with van der Waals surface area (Å²) in [5, 5.41) is -1.48. The number of carbonyl (C=O) groups excluding carboxylic acids is 4. The molecule has 2 rings (SSSR count). The summed E-state index contributed by atoms with van der Waals surface area (Å²) in [7, 11) is 0. The zero-order valence-electron chi connectivity index (χ0n) is 27.3. The van der Waals surface area contributed by atoms with Gasteiger partial charge in [0.15, 0.2) is 11.5 Å². The molecule has 0 saturated heterocycles. The average molecular weight is 789 g/mol. The van der Waals surface area contributed by atoms with Crippen molar-refractivity contribution in [1.82, 2.24) is 0 Å². The van der Waals surface area contributed by atoms with E-state index in [2.05, 4.69) is 27.7 Å². The molecule has 2 aromatic rings. The third kappa shape index (κ3) is 12.7. The van der Waals surface area contributed by atoms with Crippen molar-refractivity contribution in [2.75, 3.05) is 13.2 Å². The Bertz CT molecular complexity index is 1340. The van der Waals surface area contributed by atoms with E-state index >= 15 is 0 Å². The van der Waals surface area contributed by atoms with E-state index in [9.17, 15) is 19.2 Å². The van der Waals surface area contributed by atoms with E-state index in [0.717, 1.165) is 63.5 Å². The van der Waals surface area contributed by atoms with Gasteiger partial charge in [0.2, 0.25) is 0 Å². The molecular weight excluding hydrogens is 749 g/mol. The second-order valence-electron chi connectivity index (χ2n) is 11.5. The topological polar surface area (TPSA) is 105 Å². The number of carbonyl (C=O) groups is 4. The maximum atomic E-state index is 13.0. The zero-order valence-corrected chi connectivity index (χ0v) is 31.9. The molecule has 14 heteroatoms. The Balaban J connectivity index is 2.19. The van der Waals surface area contributed by atoms with E-state index in [0.29, 0.717) is 24.7 Å². The molecule has 0 N–H and O–H groups in total. The Morgan fingerprint density at radius 2 is 0.917 bits per heavy atom. The molecule has 0 spiro atoms. The molecule has 2 unspecified atom stereocenters. The summed E-state index contributed by atoms with van der Waals surface area (Å²) in [5.41, 5.74) is -0.925. The van der Waals surface area contributed by atoms with Gasteiger partial charge in [0.05, 0.1) is 43.3 Å². The Morgan fingerprint density at radius 3 is 1.25 bits per heavy atom. The molecule has 0 fully saturated rings. The normalized spacial score (nSPS) is 12.3. The third-order valence-corrected chi connectivity index (χ3v) is 9.57. The molecular formula is C34H40Cl6O8. The monoisotopic (exact) mass is 786 g/mol. The van der Waals surface area contributed by atoms with Crippen LogP contribution in [0.4, 0.5) is 0 Å². The number of rotatable bonds is 18. The molecule has 0 radical (unpaired) electrons. The van der Waals surface area contributed by atoms with E-state index < -0.39 is 46.5 Å². The second-order valence-corrected chi connectivity index (χ2v) is 13.9. The van der Waals surface area contributed by atoms with Gasteiger partial charge in [-0.05, 0) is 49.7 Å². The van der Waals surface area contributed by atoms with Crippen molar-refractivity contribution >= 4 is 93.5 Å². The summed E-state index contributed by atoms with van der Waals surface area (Å²) in [6, 6.07) is 2.25. The lowest BCUT2D eigenvalue weighted by Crippen LogP contribution is -2.27. The number of ether oxygens (including phenoxy) is 4. The van der Waals surface area contributed by atoms with E-state index in [1.54, 1.807) is 0 Å². The number of esters is 4. The van der Waals surface area contributed by atoms with Crippen molar-refractivity contribution < 1.29 is 38.1 Å². The van der Waals surface area contributed by atoms with Crippen LogP contribution in [0.1, 0.15) is 113 Å². The molecule has 0 aliphatic carbocycles. The van der Waals surface area contributed by atoms with Crippen LogP contribution in [0.15, 0.2) is 12.1 Å². The standard InChI is InChI=1S/C34H40Cl6O8/c1-5-11-19(3)13-7-9-15-45-31(41)25-27(39)21(35)17-23(37)29(25)47-33(43)34(44)48-30-24(38)18-22(36)28(40)26(30)32(42)46-16-10-8-14-20(4)12-6-2/h17-20H,5-16H2,1-4H3. The van der Waals surface area contributed by atoms with Crippen LogP contribution in [0.3, 0.4) is 0 Å². The molecule has 0 aliphatic rings. The highest BCUT2D eigenvalue weighted by Gasteiger charge is 2.32. The SMILES string of the molecule is CCCC(C)CCCCOC(=O)c1c(Cl)c(Cl)cc(Cl)c1OC(=O)C(=O)Oc1c(Cl)cc(Cl)c(Cl)c1C(=O)OCCCCC(C)CCC. The summed E-state index contributed by atoms with van der Waals surface area (Å²) >= 11 is 37.3. The summed E-state index contributed by atoms with van der Waals surface area (Å²) < 4.78 is 21.0. The van der Waals surface area contributed by atoms with Crippen LogP contribution in [0.5, 0.6) is 11.5 Å². The van der Waals surface area contributed by atoms with Gasteiger partial charge in [0, 0.05) is 0 Å². The van der Waals surface area contributed by atoms with Gasteiger partial charge in [-0.2, -0.15) is 0 Å². The van der Waals surface area contributed by atoms with E-state index in [4.69, 9.17) is 88.6 Å². The Kier molecular flexibility index (Phi) is 18.8. The third-order valence-electron chi connectivity index (χ3n) is 7.43. The summed E-state index contributed by atoms with van der Waals surface area (Å²) in [6.07, 6.45) is 9.17. The highest BCUT2D eigenvalue weighted by atomic mass is 35.5. The van der Waals surface area contributed by atoms with Crippen molar-refractivity contribution in [1.29, 1.82) is 0 Å². The number of halogens is 6.